The second-order valence-corrected chi connectivity index (χ2v) is 5.66. The number of hydrogen-bond donors (Lipinski definition) is 2. The molecule has 0 amide bonds. The summed E-state index contributed by atoms with van der Waals surface area (Å²) < 4.78 is 5.15. The molecule has 112 valence electrons. The zero-order chi connectivity index (χ0) is 15.0. The van der Waals surface area contributed by atoms with Crippen molar-refractivity contribution in [1.29, 1.82) is 0 Å². The molecule has 0 aliphatic rings. The Morgan fingerprint density at radius 2 is 1.90 bits per heavy atom. The average Bonchev–Trinajstić information content (AvgIpc) is 2.43. The summed E-state index contributed by atoms with van der Waals surface area (Å²) in [6.45, 7) is 8.06. The maximum atomic E-state index is 5.82. The second-order valence-electron chi connectivity index (χ2n) is 5.66. The van der Waals surface area contributed by atoms with E-state index in [0.29, 0.717) is 17.8 Å². The van der Waals surface area contributed by atoms with E-state index in [4.69, 9.17) is 10.5 Å². The van der Waals surface area contributed by atoms with Gasteiger partial charge in [0.2, 0.25) is 0 Å². The lowest BCUT2D eigenvalue weighted by Gasteiger charge is -2.13. The molecule has 0 saturated carbocycles. The molecule has 1 rings (SSSR count). The number of methoxy groups -OCH3 is 1. The minimum absolute atomic E-state index is 0.496. The van der Waals surface area contributed by atoms with Gasteiger partial charge < -0.3 is 15.8 Å². The molecule has 0 fully saturated rings. The minimum atomic E-state index is 0.496. The second kappa shape index (κ2) is 8.46. The summed E-state index contributed by atoms with van der Waals surface area (Å²) in [6, 6.07) is 8.19. The fourth-order valence-corrected chi connectivity index (χ4v) is 1.85. The number of rotatable bonds is 7. The first kappa shape index (κ1) is 16.3. The third-order valence-electron chi connectivity index (χ3n) is 3.00. The molecule has 4 nitrogen and oxygen atoms in total. The third-order valence-corrected chi connectivity index (χ3v) is 3.00. The molecule has 0 aliphatic carbocycles. The van der Waals surface area contributed by atoms with Gasteiger partial charge in [-0.1, -0.05) is 32.9 Å². The molecular formula is C16H27N3O. The molecule has 3 N–H and O–H groups in total. The number of aliphatic imine (C=N–C) groups is 1. The number of ether oxygens (including phenoxy) is 1. The first-order valence-corrected chi connectivity index (χ1v) is 7.18. The maximum absolute atomic E-state index is 5.82. The minimum Gasteiger partial charge on any atom is -0.497 e. The predicted molar refractivity (Wildman–Crippen MR) is 85.2 cm³/mol. The largest absolute Gasteiger partial charge is 0.497 e. The van der Waals surface area contributed by atoms with E-state index in [0.717, 1.165) is 25.3 Å². The fraction of sp³-hybridized carbons (Fsp3) is 0.562. The summed E-state index contributed by atoms with van der Waals surface area (Å²) in [7, 11) is 1.68. The molecule has 0 aliphatic heterocycles. The normalized spacial score (nSPS) is 13.3. The number of nitrogens with zero attached hydrogens (tertiary/aromatic N) is 1. The van der Waals surface area contributed by atoms with Crippen molar-refractivity contribution >= 4 is 5.96 Å². The predicted octanol–water partition coefficient (Wildman–Crippen LogP) is 2.43. The summed E-state index contributed by atoms with van der Waals surface area (Å²) >= 11 is 0. The van der Waals surface area contributed by atoms with Crippen LogP contribution in [-0.4, -0.2) is 26.2 Å². The van der Waals surface area contributed by atoms with Gasteiger partial charge in [0.25, 0.3) is 0 Å². The molecule has 0 aromatic heterocycles. The lowest BCUT2D eigenvalue weighted by Crippen LogP contribution is -2.35. The SMILES string of the molecule is COc1ccc(CC(C)CNC(N)=NCC(C)C)cc1. The summed E-state index contributed by atoms with van der Waals surface area (Å²) in [5.41, 5.74) is 7.13. The number of benzene rings is 1. The van der Waals surface area contributed by atoms with Crippen LogP contribution in [0.1, 0.15) is 26.3 Å². The molecule has 0 heterocycles. The van der Waals surface area contributed by atoms with E-state index in [9.17, 15) is 0 Å². The van der Waals surface area contributed by atoms with Crippen LogP contribution in [-0.2, 0) is 6.42 Å². The topological polar surface area (TPSA) is 59.6 Å². The molecule has 20 heavy (non-hydrogen) atoms. The quantitative estimate of drug-likeness (QED) is 0.594. The van der Waals surface area contributed by atoms with Crippen LogP contribution in [0.3, 0.4) is 0 Å². The molecule has 0 spiro atoms. The van der Waals surface area contributed by atoms with E-state index in [1.807, 2.05) is 12.1 Å². The van der Waals surface area contributed by atoms with Crippen LogP contribution in [0.5, 0.6) is 5.75 Å². The number of nitrogens with two attached hydrogens (primary N) is 1. The van der Waals surface area contributed by atoms with Crippen molar-refractivity contribution < 1.29 is 4.74 Å². The highest BCUT2D eigenvalue weighted by molar-refractivity contribution is 5.77. The number of nitrogens with one attached hydrogen (secondary N) is 1. The van der Waals surface area contributed by atoms with E-state index in [2.05, 4.69) is 43.2 Å². The zero-order valence-corrected chi connectivity index (χ0v) is 13.0. The summed E-state index contributed by atoms with van der Waals surface area (Å²) in [4.78, 5) is 4.29. The highest BCUT2D eigenvalue weighted by Crippen LogP contribution is 2.14. The Hall–Kier alpha value is -1.71. The van der Waals surface area contributed by atoms with Crippen LogP contribution >= 0.6 is 0 Å². The molecule has 0 radical (unpaired) electrons. The van der Waals surface area contributed by atoms with Crippen molar-refractivity contribution in [3.8, 4) is 5.75 Å². The smallest absolute Gasteiger partial charge is 0.188 e. The van der Waals surface area contributed by atoms with Crippen LogP contribution in [0, 0.1) is 11.8 Å². The van der Waals surface area contributed by atoms with Gasteiger partial charge in [-0.25, -0.2) is 0 Å². The highest BCUT2D eigenvalue weighted by Gasteiger charge is 2.04. The Morgan fingerprint density at radius 3 is 2.45 bits per heavy atom. The lowest BCUT2D eigenvalue weighted by atomic mass is 10.0. The Balaban J connectivity index is 2.35. The van der Waals surface area contributed by atoms with Crippen molar-refractivity contribution in [1.82, 2.24) is 5.32 Å². The molecule has 1 aromatic rings. The Kier molecular flexibility index (Phi) is 6.91. The van der Waals surface area contributed by atoms with Crippen LogP contribution in [0.4, 0.5) is 0 Å². The van der Waals surface area contributed by atoms with Crippen LogP contribution < -0.4 is 15.8 Å². The van der Waals surface area contributed by atoms with Gasteiger partial charge >= 0.3 is 0 Å². The third kappa shape index (κ3) is 6.45. The average molecular weight is 277 g/mol. The molecule has 0 saturated heterocycles. The first-order valence-electron chi connectivity index (χ1n) is 7.18. The van der Waals surface area contributed by atoms with Crippen molar-refractivity contribution in [2.24, 2.45) is 22.6 Å². The molecule has 1 atom stereocenters. The van der Waals surface area contributed by atoms with E-state index in [1.165, 1.54) is 5.56 Å². The number of guanidine groups is 1. The van der Waals surface area contributed by atoms with Crippen LogP contribution in [0.15, 0.2) is 29.3 Å². The van der Waals surface area contributed by atoms with Gasteiger partial charge in [0.05, 0.1) is 7.11 Å². The first-order chi connectivity index (χ1) is 9.51. The molecule has 4 heteroatoms. The van der Waals surface area contributed by atoms with E-state index >= 15 is 0 Å². The Labute approximate surface area is 122 Å². The van der Waals surface area contributed by atoms with Gasteiger partial charge in [0, 0.05) is 13.1 Å². The molecular weight excluding hydrogens is 250 g/mol. The number of hydrogen-bond acceptors (Lipinski definition) is 2. The Bertz CT molecular complexity index is 412. The van der Waals surface area contributed by atoms with Crippen LogP contribution in [0.2, 0.25) is 0 Å². The molecule has 0 bridgehead atoms. The van der Waals surface area contributed by atoms with Gasteiger partial charge in [0.1, 0.15) is 5.75 Å². The van der Waals surface area contributed by atoms with Gasteiger partial charge in [-0.3, -0.25) is 4.99 Å². The van der Waals surface area contributed by atoms with E-state index < -0.39 is 0 Å². The van der Waals surface area contributed by atoms with Crippen molar-refractivity contribution in [3.63, 3.8) is 0 Å². The summed E-state index contributed by atoms with van der Waals surface area (Å²) in [5.74, 6) is 2.47. The Morgan fingerprint density at radius 1 is 1.25 bits per heavy atom. The highest BCUT2D eigenvalue weighted by atomic mass is 16.5. The molecule has 1 unspecified atom stereocenters. The van der Waals surface area contributed by atoms with Gasteiger partial charge in [-0.05, 0) is 36.0 Å². The van der Waals surface area contributed by atoms with E-state index in [-0.39, 0.29) is 0 Å². The lowest BCUT2D eigenvalue weighted by molar-refractivity contribution is 0.414. The summed E-state index contributed by atoms with van der Waals surface area (Å²) in [6.07, 6.45) is 1.01. The van der Waals surface area contributed by atoms with Crippen molar-refractivity contribution in [2.75, 3.05) is 20.2 Å². The fourth-order valence-electron chi connectivity index (χ4n) is 1.85. The van der Waals surface area contributed by atoms with Gasteiger partial charge in [-0.15, -0.1) is 0 Å². The monoisotopic (exact) mass is 277 g/mol. The zero-order valence-electron chi connectivity index (χ0n) is 13.0. The van der Waals surface area contributed by atoms with Crippen molar-refractivity contribution in [2.45, 2.75) is 27.2 Å². The van der Waals surface area contributed by atoms with Crippen molar-refractivity contribution in [3.05, 3.63) is 29.8 Å². The van der Waals surface area contributed by atoms with Gasteiger partial charge in [0.15, 0.2) is 5.96 Å². The van der Waals surface area contributed by atoms with Gasteiger partial charge in [-0.2, -0.15) is 0 Å². The maximum Gasteiger partial charge on any atom is 0.188 e. The van der Waals surface area contributed by atoms with Crippen LogP contribution in [0.25, 0.3) is 0 Å². The van der Waals surface area contributed by atoms with E-state index in [1.54, 1.807) is 7.11 Å². The molecule has 1 aromatic carbocycles. The summed E-state index contributed by atoms with van der Waals surface area (Å²) in [5, 5.41) is 3.18. The standard InChI is InChI=1S/C16H27N3O/c1-12(2)10-18-16(17)19-11-13(3)9-14-5-7-15(20-4)8-6-14/h5-8,12-13H,9-11H2,1-4H3,(H3,17,18,19).